The quantitative estimate of drug-likeness (QED) is 0.714. The van der Waals surface area contributed by atoms with Gasteiger partial charge in [0.25, 0.3) is 0 Å². The molecule has 0 bridgehead atoms. The lowest BCUT2D eigenvalue weighted by Gasteiger charge is -2.09. The Morgan fingerprint density at radius 1 is 1.11 bits per heavy atom. The molecule has 0 aliphatic rings. The molecular weight excluding hydrogens is 370 g/mol. The van der Waals surface area contributed by atoms with Gasteiger partial charge in [-0.3, -0.25) is 0 Å². The number of hydrogen-bond acceptors (Lipinski definition) is 2. The van der Waals surface area contributed by atoms with Gasteiger partial charge in [0.05, 0.1) is 16.1 Å². The summed E-state index contributed by atoms with van der Waals surface area (Å²) in [5, 5.41) is 9.66. The molecule has 2 rings (SSSR count). The molecule has 0 N–H and O–H groups in total. The third-order valence-corrected chi connectivity index (χ3v) is 3.87. The topological polar surface area (TPSA) is 33.0 Å². The average Bonchev–Trinajstić information content (AvgIpc) is 2.46. The van der Waals surface area contributed by atoms with Crippen molar-refractivity contribution in [1.29, 1.82) is 5.26 Å². The third-order valence-electron chi connectivity index (χ3n) is 2.60. The van der Waals surface area contributed by atoms with Gasteiger partial charge in [0, 0.05) is 5.33 Å². The second kappa shape index (κ2) is 6.74. The first-order chi connectivity index (χ1) is 9.22. The van der Waals surface area contributed by atoms with Gasteiger partial charge in [-0.15, -0.1) is 0 Å². The van der Waals surface area contributed by atoms with Crippen molar-refractivity contribution in [3.8, 4) is 11.8 Å². The number of nitriles is 1. The molecule has 4 heteroatoms. The first kappa shape index (κ1) is 14.1. The molecule has 0 aliphatic carbocycles. The molecule has 0 saturated heterocycles. The third kappa shape index (κ3) is 3.82. The maximum Gasteiger partial charge on any atom is 0.134 e. The SMILES string of the molecule is N#Cc1cccc(COc2ccc(CBr)cc2Br)c1. The van der Waals surface area contributed by atoms with Crippen molar-refractivity contribution < 1.29 is 4.74 Å². The maximum atomic E-state index is 8.85. The van der Waals surface area contributed by atoms with Gasteiger partial charge in [-0.1, -0.05) is 34.1 Å². The number of hydrogen-bond donors (Lipinski definition) is 0. The highest BCUT2D eigenvalue weighted by Gasteiger charge is 2.03. The number of alkyl halides is 1. The molecule has 0 radical (unpaired) electrons. The van der Waals surface area contributed by atoms with Crippen molar-refractivity contribution in [2.24, 2.45) is 0 Å². The predicted octanol–water partition coefficient (Wildman–Crippen LogP) is 4.79. The van der Waals surface area contributed by atoms with Gasteiger partial charge in [-0.05, 0) is 51.3 Å². The van der Waals surface area contributed by atoms with E-state index in [1.54, 1.807) is 6.07 Å². The lowest BCUT2D eigenvalue weighted by atomic mass is 10.1. The van der Waals surface area contributed by atoms with Crippen molar-refractivity contribution in [1.82, 2.24) is 0 Å². The van der Waals surface area contributed by atoms with Crippen LogP contribution in [0.4, 0.5) is 0 Å². The van der Waals surface area contributed by atoms with Crippen molar-refractivity contribution >= 4 is 31.9 Å². The minimum Gasteiger partial charge on any atom is -0.488 e. The summed E-state index contributed by atoms with van der Waals surface area (Å²) in [7, 11) is 0. The molecule has 0 amide bonds. The molecule has 0 spiro atoms. The summed E-state index contributed by atoms with van der Waals surface area (Å²) in [5.74, 6) is 0.798. The zero-order chi connectivity index (χ0) is 13.7. The van der Waals surface area contributed by atoms with Gasteiger partial charge in [0.15, 0.2) is 0 Å². The molecule has 2 nitrogen and oxygen atoms in total. The van der Waals surface area contributed by atoms with Crippen LogP contribution < -0.4 is 4.74 Å². The summed E-state index contributed by atoms with van der Waals surface area (Å²) in [6.45, 7) is 0.446. The molecule has 0 aromatic heterocycles. The molecule has 19 heavy (non-hydrogen) atoms. The van der Waals surface area contributed by atoms with Crippen LogP contribution in [0.15, 0.2) is 46.9 Å². The second-order valence-electron chi connectivity index (χ2n) is 4.00. The number of ether oxygens (including phenoxy) is 1. The van der Waals surface area contributed by atoms with Crippen molar-refractivity contribution in [3.05, 3.63) is 63.6 Å². The van der Waals surface area contributed by atoms with Crippen molar-refractivity contribution in [3.63, 3.8) is 0 Å². The van der Waals surface area contributed by atoms with Crippen LogP contribution in [0.2, 0.25) is 0 Å². The van der Waals surface area contributed by atoms with E-state index < -0.39 is 0 Å². The van der Waals surface area contributed by atoms with Gasteiger partial charge in [0.2, 0.25) is 0 Å². The molecule has 0 aliphatic heterocycles. The summed E-state index contributed by atoms with van der Waals surface area (Å²) in [6, 6.07) is 15.5. The Hall–Kier alpha value is -1.31. The fourth-order valence-corrected chi connectivity index (χ4v) is 2.53. The minimum absolute atomic E-state index is 0.446. The van der Waals surface area contributed by atoms with E-state index in [4.69, 9.17) is 10.00 Å². The number of benzene rings is 2. The highest BCUT2D eigenvalue weighted by atomic mass is 79.9. The lowest BCUT2D eigenvalue weighted by Crippen LogP contribution is -1.96. The second-order valence-corrected chi connectivity index (χ2v) is 5.41. The highest BCUT2D eigenvalue weighted by Crippen LogP contribution is 2.27. The van der Waals surface area contributed by atoms with E-state index >= 15 is 0 Å². The molecule has 2 aromatic rings. The smallest absolute Gasteiger partial charge is 0.134 e. The van der Waals surface area contributed by atoms with Crippen molar-refractivity contribution in [2.45, 2.75) is 11.9 Å². The Kier molecular flexibility index (Phi) is 5.00. The molecule has 96 valence electrons. The Balaban J connectivity index is 2.08. The standard InChI is InChI=1S/C15H11Br2NO/c16-8-11-4-5-15(14(17)7-11)19-10-13-3-1-2-12(6-13)9-18/h1-7H,8,10H2. The van der Waals surface area contributed by atoms with Crippen LogP contribution in [0.1, 0.15) is 16.7 Å². The highest BCUT2D eigenvalue weighted by molar-refractivity contribution is 9.10. The van der Waals surface area contributed by atoms with Crippen LogP contribution in [0.5, 0.6) is 5.75 Å². The van der Waals surface area contributed by atoms with Crippen LogP contribution in [0, 0.1) is 11.3 Å². The Bertz CT molecular complexity index is 620. The predicted molar refractivity (Wildman–Crippen MR) is 82.3 cm³/mol. The first-order valence-corrected chi connectivity index (χ1v) is 7.60. The summed E-state index contributed by atoms with van der Waals surface area (Å²) < 4.78 is 6.68. The van der Waals surface area contributed by atoms with E-state index in [9.17, 15) is 0 Å². The molecule has 0 atom stereocenters. The minimum atomic E-state index is 0.446. The van der Waals surface area contributed by atoms with Crippen LogP contribution in [0.25, 0.3) is 0 Å². The van der Waals surface area contributed by atoms with E-state index in [-0.39, 0.29) is 0 Å². The average molecular weight is 381 g/mol. The first-order valence-electron chi connectivity index (χ1n) is 5.69. The van der Waals surface area contributed by atoms with Crippen LogP contribution in [-0.4, -0.2) is 0 Å². The van der Waals surface area contributed by atoms with Crippen LogP contribution >= 0.6 is 31.9 Å². The van der Waals surface area contributed by atoms with Gasteiger partial charge in [-0.2, -0.15) is 5.26 Å². The Morgan fingerprint density at radius 3 is 2.63 bits per heavy atom. The molecule has 0 unspecified atom stereocenters. The number of halogens is 2. The van der Waals surface area contributed by atoms with Gasteiger partial charge < -0.3 is 4.74 Å². The van der Waals surface area contributed by atoms with Crippen molar-refractivity contribution in [2.75, 3.05) is 0 Å². The van der Waals surface area contributed by atoms with E-state index in [0.29, 0.717) is 12.2 Å². The molecule has 2 aromatic carbocycles. The summed E-state index contributed by atoms with van der Waals surface area (Å²) in [4.78, 5) is 0. The fraction of sp³-hybridized carbons (Fsp3) is 0.133. The van der Waals surface area contributed by atoms with Gasteiger partial charge >= 0.3 is 0 Å². The Morgan fingerprint density at radius 2 is 1.95 bits per heavy atom. The summed E-state index contributed by atoms with van der Waals surface area (Å²) in [6.07, 6.45) is 0. The number of nitrogens with zero attached hydrogens (tertiary/aromatic N) is 1. The van der Waals surface area contributed by atoms with E-state index in [1.807, 2.05) is 36.4 Å². The summed E-state index contributed by atoms with van der Waals surface area (Å²) in [5.41, 5.74) is 2.82. The monoisotopic (exact) mass is 379 g/mol. The summed E-state index contributed by atoms with van der Waals surface area (Å²) >= 11 is 6.91. The van der Waals surface area contributed by atoms with E-state index in [1.165, 1.54) is 5.56 Å². The van der Waals surface area contributed by atoms with E-state index in [2.05, 4.69) is 37.9 Å². The van der Waals surface area contributed by atoms with E-state index in [0.717, 1.165) is 21.1 Å². The normalized spacial score (nSPS) is 9.95. The molecule has 0 saturated carbocycles. The zero-order valence-corrected chi connectivity index (χ0v) is 13.2. The maximum absolute atomic E-state index is 8.85. The number of rotatable bonds is 4. The lowest BCUT2D eigenvalue weighted by molar-refractivity contribution is 0.304. The zero-order valence-electron chi connectivity index (χ0n) is 10.1. The van der Waals surface area contributed by atoms with Crippen LogP contribution in [0.3, 0.4) is 0 Å². The van der Waals surface area contributed by atoms with Gasteiger partial charge in [0.1, 0.15) is 12.4 Å². The molecular formula is C15H11Br2NO. The van der Waals surface area contributed by atoms with Gasteiger partial charge in [-0.25, -0.2) is 0 Å². The van der Waals surface area contributed by atoms with Crippen LogP contribution in [-0.2, 0) is 11.9 Å². The molecule has 0 fully saturated rings. The molecule has 0 heterocycles. The Labute approximate surface area is 129 Å². The largest absolute Gasteiger partial charge is 0.488 e. The fourth-order valence-electron chi connectivity index (χ4n) is 1.64.